The van der Waals surface area contributed by atoms with Crippen LogP contribution in [0.1, 0.15) is 15.9 Å². The minimum absolute atomic E-state index is 0.0147. The summed E-state index contributed by atoms with van der Waals surface area (Å²) in [6.07, 6.45) is 0. The van der Waals surface area contributed by atoms with Crippen LogP contribution in [0.25, 0.3) is 0 Å². The van der Waals surface area contributed by atoms with Gasteiger partial charge in [-0.25, -0.2) is 4.79 Å². The van der Waals surface area contributed by atoms with Crippen LogP contribution in [0.2, 0.25) is 5.02 Å². The highest BCUT2D eigenvalue weighted by Gasteiger charge is 2.15. The lowest BCUT2D eigenvalue weighted by Crippen LogP contribution is -2.17. The number of hydrogen-bond acceptors (Lipinski definition) is 3. The molecule has 0 bridgehead atoms. The van der Waals surface area contributed by atoms with Crippen molar-refractivity contribution in [2.45, 2.75) is 0 Å². The minimum Gasteiger partial charge on any atom is -0.481 e. The van der Waals surface area contributed by atoms with E-state index in [0.717, 1.165) is 0 Å². The Bertz CT molecular complexity index is 806. The van der Waals surface area contributed by atoms with Crippen molar-refractivity contribution in [3.63, 3.8) is 0 Å². The van der Waals surface area contributed by atoms with Crippen LogP contribution in [0.4, 0.5) is 0 Å². The van der Waals surface area contributed by atoms with Gasteiger partial charge >= 0.3 is 5.97 Å². The van der Waals surface area contributed by atoms with Gasteiger partial charge in [-0.05, 0) is 42.5 Å². The maximum absolute atomic E-state index is 12.4. The number of aliphatic imine (C=N–C) groups is 1. The molecule has 24 heavy (non-hydrogen) atoms. The second-order valence-corrected chi connectivity index (χ2v) is 5.98. The first-order valence-electron chi connectivity index (χ1n) is 6.65. The largest absolute Gasteiger partial charge is 0.481 e. The molecule has 3 N–H and O–H groups in total. The third kappa shape index (κ3) is 4.81. The number of nitrogens with two attached hydrogens (primary N) is 1. The van der Waals surface area contributed by atoms with Gasteiger partial charge in [-0.1, -0.05) is 27.5 Å². The maximum Gasteiger partial charge on any atom is 0.341 e. The molecule has 0 saturated carbocycles. The van der Waals surface area contributed by atoms with E-state index in [4.69, 9.17) is 27.2 Å². The van der Waals surface area contributed by atoms with E-state index in [1.54, 1.807) is 30.3 Å². The highest BCUT2D eigenvalue weighted by atomic mass is 79.9. The van der Waals surface area contributed by atoms with Gasteiger partial charge in [0, 0.05) is 15.1 Å². The Kier molecular flexibility index (Phi) is 5.94. The first-order valence-corrected chi connectivity index (χ1v) is 7.82. The molecule has 2 aromatic carbocycles. The van der Waals surface area contributed by atoms with Crippen molar-refractivity contribution < 1.29 is 19.4 Å². The summed E-state index contributed by atoms with van der Waals surface area (Å²) in [5.41, 5.74) is 6.47. The molecule has 0 saturated heterocycles. The van der Waals surface area contributed by atoms with E-state index in [2.05, 4.69) is 20.9 Å². The molecule has 8 heteroatoms. The Labute approximate surface area is 151 Å². The number of hydrogen-bond donors (Lipinski definition) is 2. The quantitative estimate of drug-likeness (QED) is 0.581. The van der Waals surface area contributed by atoms with Crippen LogP contribution in [-0.4, -0.2) is 29.4 Å². The van der Waals surface area contributed by atoms with E-state index in [0.29, 0.717) is 15.1 Å². The van der Waals surface area contributed by atoms with Crippen molar-refractivity contribution in [2.75, 3.05) is 6.61 Å². The van der Waals surface area contributed by atoms with E-state index in [-0.39, 0.29) is 17.1 Å². The van der Waals surface area contributed by atoms with Crippen molar-refractivity contribution in [1.29, 1.82) is 0 Å². The molecule has 0 spiro atoms. The van der Waals surface area contributed by atoms with Crippen LogP contribution in [0.15, 0.2) is 51.9 Å². The van der Waals surface area contributed by atoms with Gasteiger partial charge in [-0.3, -0.25) is 4.79 Å². The van der Waals surface area contributed by atoms with E-state index in [1.807, 2.05) is 0 Å². The smallest absolute Gasteiger partial charge is 0.341 e. The van der Waals surface area contributed by atoms with Gasteiger partial charge in [0.25, 0.3) is 5.91 Å². The predicted octanol–water partition coefficient (Wildman–Crippen LogP) is 3.11. The summed E-state index contributed by atoms with van der Waals surface area (Å²) in [6.45, 7) is -0.571. The fourth-order valence-electron chi connectivity index (χ4n) is 1.79. The molecule has 1 amide bonds. The molecule has 2 aromatic rings. The number of ether oxygens (including phenoxy) is 1. The summed E-state index contributed by atoms with van der Waals surface area (Å²) in [5.74, 6) is -1.68. The summed E-state index contributed by atoms with van der Waals surface area (Å²) < 4.78 is 5.73. The van der Waals surface area contributed by atoms with Crippen molar-refractivity contribution >= 4 is 45.2 Å². The van der Waals surface area contributed by atoms with Crippen LogP contribution in [-0.2, 0) is 4.79 Å². The number of halogens is 2. The zero-order chi connectivity index (χ0) is 17.7. The lowest BCUT2D eigenvalue weighted by Gasteiger charge is -2.08. The average molecular weight is 412 g/mol. The number of carboxylic acids is 1. The van der Waals surface area contributed by atoms with Crippen molar-refractivity contribution in [1.82, 2.24) is 0 Å². The van der Waals surface area contributed by atoms with Gasteiger partial charge in [0.15, 0.2) is 6.61 Å². The molecule has 0 aliphatic heterocycles. The molecule has 0 heterocycles. The Balaban J connectivity index is 2.30. The molecule has 2 rings (SSSR count). The standard InChI is InChI=1S/C16H12BrClN2O4/c17-10-3-6-13(24-8-14(21)22)12(7-10)16(23)20-15(19)9-1-4-11(18)5-2-9/h1-7H,8H2,(H,21,22)(H2,19,20,23). The van der Waals surface area contributed by atoms with Crippen molar-refractivity contribution in [2.24, 2.45) is 10.7 Å². The SMILES string of the molecule is NC(=NC(=O)c1cc(Br)ccc1OCC(=O)O)c1ccc(Cl)cc1. The molecule has 0 aromatic heterocycles. The van der Waals surface area contributed by atoms with E-state index < -0.39 is 18.5 Å². The lowest BCUT2D eigenvalue weighted by molar-refractivity contribution is -0.139. The number of benzene rings is 2. The number of nitrogens with zero attached hydrogens (tertiary/aromatic N) is 1. The van der Waals surface area contributed by atoms with Crippen molar-refractivity contribution in [3.8, 4) is 5.75 Å². The predicted molar refractivity (Wildman–Crippen MR) is 93.8 cm³/mol. The number of carboxylic acid groups (broad SMARTS) is 1. The highest BCUT2D eigenvalue weighted by Crippen LogP contribution is 2.24. The minimum atomic E-state index is -1.15. The normalized spacial score (nSPS) is 11.2. The van der Waals surface area contributed by atoms with Gasteiger partial charge in [0.2, 0.25) is 0 Å². The first kappa shape index (κ1) is 18.0. The second-order valence-electron chi connectivity index (χ2n) is 4.63. The van der Waals surface area contributed by atoms with Gasteiger partial charge in [-0.15, -0.1) is 0 Å². The molecule has 0 fully saturated rings. The number of carbonyl (C=O) groups is 2. The monoisotopic (exact) mass is 410 g/mol. The zero-order valence-corrected chi connectivity index (χ0v) is 14.5. The van der Waals surface area contributed by atoms with Gasteiger partial charge < -0.3 is 15.6 Å². The zero-order valence-electron chi connectivity index (χ0n) is 12.2. The van der Waals surface area contributed by atoms with Crippen molar-refractivity contribution in [3.05, 3.63) is 63.1 Å². The molecule has 6 nitrogen and oxygen atoms in total. The number of aliphatic carboxylic acids is 1. The van der Waals surface area contributed by atoms with E-state index >= 15 is 0 Å². The third-order valence-electron chi connectivity index (χ3n) is 2.89. The van der Waals surface area contributed by atoms with Crippen LogP contribution in [0, 0.1) is 0 Å². The Morgan fingerprint density at radius 3 is 2.50 bits per heavy atom. The van der Waals surface area contributed by atoms with E-state index in [9.17, 15) is 9.59 Å². The van der Waals surface area contributed by atoms with Gasteiger partial charge in [0.05, 0.1) is 5.56 Å². The van der Waals surface area contributed by atoms with Crippen LogP contribution < -0.4 is 10.5 Å². The van der Waals surface area contributed by atoms with Gasteiger partial charge in [0.1, 0.15) is 11.6 Å². The Hall–Kier alpha value is -2.38. The summed E-state index contributed by atoms with van der Waals surface area (Å²) in [5, 5.41) is 9.23. The second kappa shape index (κ2) is 7.94. The average Bonchev–Trinajstić information content (AvgIpc) is 2.54. The first-order chi connectivity index (χ1) is 11.4. The Morgan fingerprint density at radius 1 is 1.21 bits per heavy atom. The molecule has 124 valence electrons. The van der Waals surface area contributed by atoms with Crippen LogP contribution >= 0.6 is 27.5 Å². The summed E-state index contributed by atoms with van der Waals surface area (Å²) in [4.78, 5) is 26.8. The number of amidine groups is 1. The maximum atomic E-state index is 12.4. The molecule has 0 aliphatic carbocycles. The third-order valence-corrected chi connectivity index (χ3v) is 3.63. The molecule has 0 atom stereocenters. The fraction of sp³-hybridized carbons (Fsp3) is 0.0625. The molecule has 0 unspecified atom stereocenters. The van der Waals surface area contributed by atoms with Crippen LogP contribution in [0.3, 0.4) is 0 Å². The Morgan fingerprint density at radius 2 is 1.88 bits per heavy atom. The summed E-state index contributed by atoms with van der Waals surface area (Å²) in [7, 11) is 0. The van der Waals surface area contributed by atoms with Gasteiger partial charge in [-0.2, -0.15) is 4.99 Å². The number of rotatable bonds is 5. The lowest BCUT2D eigenvalue weighted by atomic mass is 10.1. The number of amides is 1. The number of carbonyl (C=O) groups excluding carboxylic acids is 1. The topological polar surface area (TPSA) is 102 Å². The molecular weight excluding hydrogens is 400 g/mol. The molecule has 0 radical (unpaired) electrons. The summed E-state index contributed by atoms with van der Waals surface area (Å²) >= 11 is 9.04. The molecule has 0 aliphatic rings. The molecular formula is C16H12BrClN2O4. The van der Waals surface area contributed by atoms with Crippen LogP contribution in [0.5, 0.6) is 5.75 Å². The van der Waals surface area contributed by atoms with E-state index in [1.165, 1.54) is 12.1 Å². The summed E-state index contributed by atoms with van der Waals surface area (Å²) in [6, 6.07) is 11.1. The highest BCUT2D eigenvalue weighted by molar-refractivity contribution is 9.10. The fourth-order valence-corrected chi connectivity index (χ4v) is 2.28.